The summed E-state index contributed by atoms with van der Waals surface area (Å²) in [5, 5.41) is 17.6. The third kappa shape index (κ3) is 3.32. The zero-order valence-corrected chi connectivity index (χ0v) is 14.5. The number of hydrogen-bond donors (Lipinski definition) is 2. The molecule has 1 amide bonds. The van der Waals surface area contributed by atoms with Crippen LogP contribution in [0.2, 0.25) is 0 Å². The Morgan fingerprint density at radius 3 is 2.75 bits per heavy atom. The second-order valence-electron chi connectivity index (χ2n) is 6.14. The third-order valence-electron chi connectivity index (χ3n) is 4.25. The lowest BCUT2D eigenvalue weighted by molar-refractivity contribution is 0.0612. The zero-order chi connectivity index (χ0) is 17.3. The van der Waals surface area contributed by atoms with Crippen LogP contribution in [0.5, 0.6) is 0 Å². The van der Waals surface area contributed by atoms with Crippen molar-refractivity contribution in [2.24, 2.45) is 0 Å². The van der Waals surface area contributed by atoms with Gasteiger partial charge in [0.15, 0.2) is 0 Å². The molecule has 24 heavy (non-hydrogen) atoms. The molecule has 1 fully saturated rings. The summed E-state index contributed by atoms with van der Waals surface area (Å²) in [5.41, 5.74) is 1.65. The maximum Gasteiger partial charge on any atom is 0.255 e. The van der Waals surface area contributed by atoms with E-state index in [1.165, 1.54) is 12.1 Å². The number of amides is 1. The summed E-state index contributed by atoms with van der Waals surface area (Å²) in [5.74, 6) is 0.983. The summed E-state index contributed by atoms with van der Waals surface area (Å²) >= 11 is 1.69. The van der Waals surface area contributed by atoms with Crippen LogP contribution in [0.3, 0.4) is 0 Å². The van der Waals surface area contributed by atoms with Crippen molar-refractivity contribution in [2.45, 2.75) is 25.9 Å². The molecule has 1 aliphatic heterocycles. The van der Waals surface area contributed by atoms with Gasteiger partial charge in [0.05, 0.1) is 28.2 Å². The summed E-state index contributed by atoms with van der Waals surface area (Å²) in [6, 6.07) is 5.96. The molecule has 1 aliphatic rings. The molecule has 0 saturated carbocycles. The molecule has 1 saturated heterocycles. The number of rotatable bonds is 4. The van der Waals surface area contributed by atoms with E-state index in [0.717, 1.165) is 5.75 Å². The molecule has 7 heteroatoms. The van der Waals surface area contributed by atoms with E-state index in [2.05, 4.69) is 10.4 Å². The average molecular weight is 349 g/mol. The van der Waals surface area contributed by atoms with E-state index in [-0.39, 0.29) is 18.3 Å². The molecule has 128 valence electrons. The predicted octanol–water partition coefficient (Wildman–Crippen LogP) is 2.23. The first-order valence-electron chi connectivity index (χ1n) is 7.80. The van der Waals surface area contributed by atoms with Gasteiger partial charge >= 0.3 is 0 Å². The first-order valence-corrected chi connectivity index (χ1v) is 8.96. The molecule has 0 aliphatic carbocycles. The van der Waals surface area contributed by atoms with Gasteiger partial charge < -0.3 is 10.4 Å². The Morgan fingerprint density at radius 1 is 1.42 bits per heavy atom. The Labute approximate surface area is 144 Å². The van der Waals surface area contributed by atoms with Gasteiger partial charge in [0.1, 0.15) is 5.82 Å². The first-order chi connectivity index (χ1) is 11.4. The smallest absolute Gasteiger partial charge is 0.255 e. The van der Waals surface area contributed by atoms with E-state index < -0.39 is 5.60 Å². The Hall–Kier alpha value is -1.86. The minimum atomic E-state index is -0.824. The second-order valence-corrected chi connectivity index (χ2v) is 7.25. The molecule has 0 radical (unpaired) electrons. The minimum absolute atomic E-state index is 0.236. The van der Waals surface area contributed by atoms with Gasteiger partial charge in [0.25, 0.3) is 5.91 Å². The van der Waals surface area contributed by atoms with Crippen molar-refractivity contribution in [3.05, 3.63) is 47.0 Å². The number of carbonyl (C=O) groups is 1. The Morgan fingerprint density at radius 2 is 2.12 bits per heavy atom. The third-order valence-corrected chi connectivity index (χ3v) is 5.48. The van der Waals surface area contributed by atoms with Crippen LogP contribution in [0.4, 0.5) is 4.39 Å². The molecular formula is C17H20FN3O2S. The van der Waals surface area contributed by atoms with Crippen LogP contribution in [-0.2, 0) is 0 Å². The fraction of sp³-hybridized carbons (Fsp3) is 0.412. The molecule has 0 bridgehead atoms. The zero-order valence-electron chi connectivity index (χ0n) is 13.7. The van der Waals surface area contributed by atoms with Gasteiger partial charge in [-0.25, -0.2) is 9.07 Å². The van der Waals surface area contributed by atoms with E-state index in [9.17, 15) is 14.3 Å². The molecule has 2 N–H and O–H groups in total. The number of carbonyl (C=O) groups excluding carboxylic acids is 1. The lowest BCUT2D eigenvalue weighted by Crippen LogP contribution is -2.43. The van der Waals surface area contributed by atoms with E-state index in [1.54, 1.807) is 42.4 Å². The number of benzene rings is 1. The van der Waals surface area contributed by atoms with Crippen LogP contribution in [0.25, 0.3) is 5.69 Å². The van der Waals surface area contributed by atoms with E-state index in [1.807, 2.05) is 0 Å². The summed E-state index contributed by atoms with van der Waals surface area (Å²) in [7, 11) is 0. The van der Waals surface area contributed by atoms with Gasteiger partial charge in [-0.1, -0.05) is 0 Å². The van der Waals surface area contributed by atoms with Gasteiger partial charge in [0, 0.05) is 12.3 Å². The monoisotopic (exact) mass is 349 g/mol. The van der Waals surface area contributed by atoms with Gasteiger partial charge in [-0.3, -0.25) is 4.79 Å². The SMILES string of the molecule is Cc1nn(-c2ccc(F)cc2)c(C)c1C(=O)NCC1(O)CCSC1. The summed E-state index contributed by atoms with van der Waals surface area (Å²) in [4.78, 5) is 12.5. The molecule has 1 unspecified atom stereocenters. The van der Waals surface area contributed by atoms with Crippen molar-refractivity contribution in [1.29, 1.82) is 0 Å². The molecule has 0 spiro atoms. The van der Waals surface area contributed by atoms with Gasteiger partial charge in [-0.15, -0.1) is 0 Å². The van der Waals surface area contributed by atoms with Crippen molar-refractivity contribution in [3.8, 4) is 5.69 Å². The number of aryl methyl sites for hydroxylation is 1. The maximum atomic E-state index is 13.1. The lowest BCUT2D eigenvalue weighted by Gasteiger charge is -2.21. The highest BCUT2D eigenvalue weighted by atomic mass is 32.2. The number of aliphatic hydroxyl groups is 1. The van der Waals surface area contributed by atoms with E-state index in [0.29, 0.717) is 34.8 Å². The molecule has 1 atom stereocenters. The Kier molecular flexibility index (Phi) is 4.64. The molecule has 1 aromatic heterocycles. The fourth-order valence-electron chi connectivity index (χ4n) is 2.87. The average Bonchev–Trinajstić information content (AvgIpc) is 3.10. The molecule has 1 aromatic carbocycles. The molecule has 2 aromatic rings. The van der Waals surface area contributed by atoms with Crippen molar-refractivity contribution < 1.29 is 14.3 Å². The highest BCUT2D eigenvalue weighted by Crippen LogP contribution is 2.27. The maximum absolute atomic E-state index is 13.1. The number of thioether (sulfide) groups is 1. The first kappa shape index (κ1) is 17.0. The van der Waals surface area contributed by atoms with Crippen LogP contribution < -0.4 is 5.32 Å². The number of hydrogen-bond acceptors (Lipinski definition) is 4. The van der Waals surface area contributed by atoms with E-state index in [4.69, 9.17) is 0 Å². The highest BCUT2D eigenvalue weighted by molar-refractivity contribution is 7.99. The second kappa shape index (κ2) is 6.57. The van der Waals surface area contributed by atoms with Gasteiger partial charge in [-0.05, 0) is 50.3 Å². The van der Waals surface area contributed by atoms with Crippen LogP contribution in [0.15, 0.2) is 24.3 Å². The molecular weight excluding hydrogens is 329 g/mol. The van der Waals surface area contributed by atoms with Gasteiger partial charge in [0.2, 0.25) is 0 Å². The molecule has 3 rings (SSSR count). The van der Waals surface area contributed by atoms with E-state index >= 15 is 0 Å². The quantitative estimate of drug-likeness (QED) is 0.888. The van der Waals surface area contributed by atoms with Gasteiger partial charge in [-0.2, -0.15) is 16.9 Å². The normalized spacial score (nSPS) is 20.3. The van der Waals surface area contributed by atoms with Crippen molar-refractivity contribution >= 4 is 17.7 Å². The number of nitrogens with zero attached hydrogens (tertiary/aromatic N) is 2. The largest absolute Gasteiger partial charge is 0.387 e. The van der Waals surface area contributed by atoms with Crippen LogP contribution in [-0.4, -0.2) is 44.4 Å². The summed E-state index contributed by atoms with van der Waals surface area (Å²) in [6.45, 7) is 3.81. The summed E-state index contributed by atoms with van der Waals surface area (Å²) < 4.78 is 14.7. The Bertz CT molecular complexity index is 752. The van der Waals surface area contributed by atoms with Crippen LogP contribution in [0.1, 0.15) is 28.2 Å². The van der Waals surface area contributed by atoms with Crippen LogP contribution >= 0.6 is 11.8 Å². The summed E-state index contributed by atoms with van der Waals surface area (Å²) in [6.07, 6.45) is 0.685. The van der Waals surface area contributed by atoms with Crippen molar-refractivity contribution in [1.82, 2.24) is 15.1 Å². The standard InChI is InChI=1S/C17H20FN3O2S/c1-11-15(16(22)19-9-17(23)7-8-24-10-17)12(2)21(20-11)14-5-3-13(18)4-6-14/h3-6,23H,7-10H2,1-2H3,(H,19,22). The lowest BCUT2D eigenvalue weighted by atomic mass is 10.0. The molecule has 2 heterocycles. The Balaban J connectivity index is 1.80. The molecule has 5 nitrogen and oxygen atoms in total. The fourth-order valence-corrected chi connectivity index (χ4v) is 4.17. The topological polar surface area (TPSA) is 67.2 Å². The highest BCUT2D eigenvalue weighted by Gasteiger charge is 2.32. The van der Waals surface area contributed by atoms with Crippen molar-refractivity contribution in [3.63, 3.8) is 0 Å². The predicted molar refractivity (Wildman–Crippen MR) is 92.2 cm³/mol. The minimum Gasteiger partial charge on any atom is -0.387 e. The van der Waals surface area contributed by atoms with Crippen molar-refractivity contribution in [2.75, 3.05) is 18.1 Å². The number of nitrogens with one attached hydrogen (secondary N) is 1. The van der Waals surface area contributed by atoms with Crippen LogP contribution in [0, 0.1) is 19.7 Å². The number of halogens is 1. The number of aromatic nitrogens is 2.